The highest BCUT2D eigenvalue weighted by Crippen LogP contribution is 2.35. The molecule has 3 rings (SSSR count). The van der Waals surface area contributed by atoms with Crippen LogP contribution in [0.1, 0.15) is 35.9 Å². The number of carbonyl (C=O) groups is 2. The Labute approximate surface area is 159 Å². The van der Waals surface area contributed by atoms with E-state index in [9.17, 15) is 9.59 Å². The Kier molecular flexibility index (Phi) is 6.29. The van der Waals surface area contributed by atoms with Gasteiger partial charge in [0, 0.05) is 19.1 Å². The van der Waals surface area contributed by atoms with Gasteiger partial charge in [-0.3, -0.25) is 14.5 Å². The highest BCUT2D eigenvalue weighted by atomic mass is 16.3. The maximum Gasteiger partial charge on any atom is 0.287 e. The maximum absolute atomic E-state index is 12.4. The lowest BCUT2D eigenvalue weighted by molar-refractivity contribution is -0.122. The van der Waals surface area contributed by atoms with Crippen LogP contribution in [-0.4, -0.2) is 42.4 Å². The third-order valence-corrected chi connectivity index (χ3v) is 4.98. The van der Waals surface area contributed by atoms with Crippen molar-refractivity contribution < 1.29 is 14.0 Å². The second-order valence-corrected chi connectivity index (χ2v) is 7.22. The van der Waals surface area contributed by atoms with Gasteiger partial charge in [-0.2, -0.15) is 0 Å². The zero-order valence-electron chi connectivity index (χ0n) is 15.9. The molecule has 27 heavy (non-hydrogen) atoms. The predicted molar refractivity (Wildman–Crippen MR) is 103 cm³/mol. The van der Waals surface area contributed by atoms with E-state index in [1.54, 1.807) is 19.1 Å². The lowest BCUT2D eigenvalue weighted by Crippen LogP contribution is -2.49. The van der Waals surface area contributed by atoms with Crippen molar-refractivity contribution in [1.29, 1.82) is 0 Å². The molecule has 144 valence electrons. The summed E-state index contributed by atoms with van der Waals surface area (Å²) in [6, 6.07) is 13.2. The first-order valence-corrected chi connectivity index (χ1v) is 9.41. The summed E-state index contributed by atoms with van der Waals surface area (Å²) in [7, 11) is 2.10. The van der Waals surface area contributed by atoms with E-state index in [0.717, 1.165) is 6.54 Å². The van der Waals surface area contributed by atoms with Crippen molar-refractivity contribution in [3.8, 4) is 0 Å². The number of hydrogen-bond acceptors (Lipinski definition) is 4. The summed E-state index contributed by atoms with van der Waals surface area (Å²) in [6.07, 6.45) is 3.83. The first-order valence-electron chi connectivity index (χ1n) is 9.41. The average molecular weight is 369 g/mol. The molecular formula is C21H27N3O3. The zero-order valence-corrected chi connectivity index (χ0v) is 15.9. The van der Waals surface area contributed by atoms with Gasteiger partial charge in [-0.25, -0.2) is 0 Å². The van der Waals surface area contributed by atoms with Crippen LogP contribution in [0.15, 0.2) is 53.1 Å². The van der Waals surface area contributed by atoms with Crippen molar-refractivity contribution >= 4 is 11.8 Å². The van der Waals surface area contributed by atoms with E-state index in [0.29, 0.717) is 18.5 Å². The Bertz CT molecular complexity index is 741. The first-order chi connectivity index (χ1) is 13.0. The van der Waals surface area contributed by atoms with Crippen molar-refractivity contribution in [2.75, 3.05) is 13.6 Å². The van der Waals surface area contributed by atoms with Gasteiger partial charge in [0.1, 0.15) is 6.04 Å². The van der Waals surface area contributed by atoms with E-state index in [-0.39, 0.29) is 17.6 Å². The molecule has 1 aromatic heterocycles. The van der Waals surface area contributed by atoms with Crippen LogP contribution in [0.5, 0.6) is 0 Å². The number of amides is 2. The second-order valence-electron chi connectivity index (χ2n) is 7.22. The van der Waals surface area contributed by atoms with E-state index in [2.05, 4.69) is 34.7 Å². The second kappa shape index (κ2) is 8.86. The number of hydrogen-bond donors (Lipinski definition) is 2. The summed E-state index contributed by atoms with van der Waals surface area (Å²) < 4.78 is 5.05. The predicted octanol–water partition coefficient (Wildman–Crippen LogP) is 2.42. The maximum atomic E-state index is 12.4. The molecule has 1 aliphatic carbocycles. The van der Waals surface area contributed by atoms with Gasteiger partial charge >= 0.3 is 0 Å². The fourth-order valence-electron chi connectivity index (χ4n) is 3.25. The molecule has 0 spiro atoms. The highest BCUT2D eigenvalue weighted by Gasteiger charge is 2.34. The van der Waals surface area contributed by atoms with E-state index < -0.39 is 6.04 Å². The fourth-order valence-corrected chi connectivity index (χ4v) is 3.25. The minimum absolute atomic E-state index is 0.186. The molecule has 1 fully saturated rings. The zero-order chi connectivity index (χ0) is 19.2. The van der Waals surface area contributed by atoms with Gasteiger partial charge in [-0.15, -0.1) is 0 Å². The summed E-state index contributed by atoms with van der Waals surface area (Å²) in [5.74, 6) is 0.247. The molecule has 2 N–H and O–H groups in total. The fraction of sp³-hybridized carbons (Fsp3) is 0.429. The van der Waals surface area contributed by atoms with Gasteiger partial charge in [-0.1, -0.05) is 30.3 Å². The molecule has 1 heterocycles. The molecule has 0 saturated heterocycles. The monoisotopic (exact) mass is 369 g/mol. The van der Waals surface area contributed by atoms with Gasteiger partial charge in [0.15, 0.2) is 5.76 Å². The van der Waals surface area contributed by atoms with Crippen molar-refractivity contribution in [1.82, 2.24) is 15.5 Å². The molecule has 1 aliphatic rings. The molecule has 2 unspecified atom stereocenters. The van der Waals surface area contributed by atoms with Gasteiger partial charge < -0.3 is 15.1 Å². The van der Waals surface area contributed by atoms with Crippen LogP contribution in [-0.2, 0) is 11.3 Å². The van der Waals surface area contributed by atoms with Crippen LogP contribution in [0.25, 0.3) is 0 Å². The lowest BCUT2D eigenvalue weighted by atomic mass is 10.1. The summed E-state index contributed by atoms with van der Waals surface area (Å²) in [5, 5.41) is 5.66. The molecule has 2 amide bonds. The molecule has 1 saturated carbocycles. The van der Waals surface area contributed by atoms with Gasteiger partial charge in [0.05, 0.1) is 6.26 Å². The number of benzene rings is 1. The van der Waals surface area contributed by atoms with Crippen molar-refractivity contribution in [2.45, 2.75) is 38.4 Å². The van der Waals surface area contributed by atoms with Gasteiger partial charge in [-0.05, 0) is 50.4 Å². The van der Waals surface area contributed by atoms with Crippen LogP contribution in [0, 0.1) is 5.92 Å². The molecular weight excluding hydrogens is 342 g/mol. The van der Waals surface area contributed by atoms with Crippen molar-refractivity contribution in [2.24, 2.45) is 5.92 Å². The third-order valence-electron chi connectivity index (χ3n) is 4.98. The number of nitrogens with one attached hydrogen (secondary N) is 2. The molecule has 0 aliphatic heterocycles. The largest absolute Gasteiger partial charge is 0.459 e. The Morgan fingerprint density at radius 2 is 1.93 bits per heavy atom. The summed E-state index contributed by atoms with van der Waals surface area (Å²) in [4.78, 5) is 26.7. The van der Waals surface area contributed by atoms with Gasteiger partial charge in [0.2, 0.25) is 5.91 Å². The Balaban J connectivity index is 1.49. The smallest absolute Gasteiger partial charge is 0.287 e. The van der Waals surface area contributed by atoms with Crippen LogP contribution in [0.2, 0.25) is 0 Å². The topological polar surface area (TPSA) is 74.6 Å². The standard InChI is InChI=1S/C21H27N3O3/c1-15(23-21(26)19-9-6-12-27-19)20(25)22-13-18(17-10-11-17)24(2)14-16-7-4-3-5-8-16/h3-9,12,15,17-18H,10-11,13-14H2,1-2H3,(H,22,25)(H,23,26). The SMILES string of the molecule is CC(NC(=O)c1ccco1)C(=O)NCC(C1CC1)N(C)Cc1ccccc1. The molecule has 6 nitrogen and oxygen atoms in total. The molecule has 2 aromatic rings. The number of nitrogens with zero attached hydrogens (tertiary/aromatic N) is 1. The summed E-state index contributed by atoms with van der Waals surface area (Å²) >= 11 is 0. The Hall–Kier alpha value is -2.60. The van der Waals surface area contributed by atoms with Crippen molar-refractivity contribution in [3.63, 3.8) is 0 Å². The summed E-state index contributed by atoms with van der Waals surface area (Å²) in [6.45, 7) is 3.10. The van der Waals surface area contributed by atoms with Gasteiger partial charge in [0.25, 0.3) is 5.91 Å². The van der Waals surface area contributed by atoms with E-state index in [1.165, 1.54) is 24.7 Å². The normalized spacial score (nSPS) is 16.0. The number of rotatable bonds is 9. The quantitative estimate of drug-likeness (QED) is 0.712. The minimum atomic E-state index is -0.623. The Morgan fingerprint density at radius 1 is 1.19 bits per heavy atom. The third kappa shape index (κ3) is 5.44. The van der Waals surface area contributed by atoms with E-state index >= 15 is 0 Å². The van der Waals surface area contributed by atoms with Crippen LogP contribution >= 0.6 is 0 Å². The first kappa shape index (κ1) is 19.2. The molecule has 1 aromatic carbocycles. The number of likely N-dealkylation sites (N-methyl/N-ethyl adjacent to an activating group) is 1. The molecule has 2 atom stereocenters. The molecule has 6 heteroatoms. The molecule has 0 radical (unpaired) electrons. The van der Waals surface area contributed by atoms with E-state index in [1.807, 2.05) is 18.2 Å². The van der Waals surface area contributed by atoms with Crippen molar-refractivity contribution in [3.05, 3.63) is 60.1 Å². The summed E-state index contributed by atoms with van der Waals surface area (Å²) in [5.41, 5.74) is 1.26. The Morgan fingerprint density at radius 3 is 2.56 bits per heavy atom. The van der Waals surface area contributed by atoms with E-state index in [4.69, 9.17) is 4.42 Å². The molecule has 0 bridgehead atoms. The lowest BCUT2D eigenvalue weighted by Gasteiger charge is -2.29. The highest BCUT2D eigenvalue weighted by molar-refractivity contribution is 5.95. The number of furan rings is 1. The average Bonchev–Trinajstić information content (AvgIpc) is 3.34. The number of carbonyl (C=O) groups excluding carboxylic acids is 2. The van der Waals surface area contributed by atoms with Crippen LogP contribution in [0.4, 0.5) is 0 Å². The van der Waals surface area contributed by atoms with Crippen LogP contribution in [0.3, 0.4) is 0 Å². The minimum Gasteiger partial charge on any atom is -0.459 e. The van der Waals surface area contributed by atoms with Crippen LogP contribution < -0.4 is 10.6 Å².